The van der Waals surface area contributed by atoms with Gasteiger partial charge in [0.15, 0.2) is 5.82 Å². The summed E-state index contributed by atoms with van der Waals surface area (Å²) < 4.78 is 6.98. The minimum absolute atomic E-state index is 0.0456. The Kier molecular flexibility index (Phi) is 4.16. The molecule has 1 aromatic carbocycles. The topological polar surface area (TPSA) is 91.2 Å². The van der Waals surface area contributed by atoms with Crippen molar-refractivity contribution in [1.82, 2.24) is 19.7 Å². The van der Waals surface area contributed by atoms with E-state index in [-0.39, 0.29) is 11.4 Å². The first-order valence-corrected chi connectivity index (χ1v) is 8.69. The summed E-state index contributed by atoms with van der Waals surface area (Å²) in [6, 6.07) is 8.33. The maximum absolute atomic E-state index is 5.87. The number of nitrogens with two attached hydrogens (primary N) is 1. The fourth-order valence-electron chi connectivity index (χ4n) is 3.64. The summed E-state index contributed by atoms with van der Waals surface area (Å²) in [6.45, 7) is 0.375. The summed E-state index contributed by atoms with van der Waals surface area (Å²) in [6.07, 6.45) is 7.41. The van der Waals surface area contributed by atoms with Crippen LogP contribution in [0.25, 0.3) is 16.7 Å². The van der Waals surface area contributed by atoms with Gasteiger partial charge in [0.05, 0.1) is 24.0 Å². The molecule has 0 aliphatic heterocycles. The fourth-order valence-corrected chi connectivity index (χ4v) is 3.64. The van der Waals surface area contributed by atoms with Gasteiger partial charge >= 0.3 is 0 Å². The van der Waals surface area contributed by atoms with Gasteiger partial charge < -0.3 is 10.5 Å². The number of rotatable bonds is 5. The SMILES string of the molecule is CN=CC1(c2ccc3cnn(-c4cc(COC)nc(N)n4)c3c2)CCC1. The van der Waals surface area contributed by atoms with Gasteiger partial charge in [-0.05, 0) is 24.5 Å². The van der Waals surface area contributed by atoms with Crippen LogP contribution in [0.15, 0.2) is 35.5 Å². The molecule has 1 aliphatic carbocycles. The molecule has 7 nitrogen and oxygen atoms in total. The number of aliphatic imine (C=N–C) groups is 1. The van der Waals surface area contributed by atoms with Crippen molar-refractivity contribution in [3.63, 3.8) is 0 Å². The van der Waals surface area contributed by atoms with Gasteiger partial charge in [-0.25, -0.2) is 9.67 Å². The Bertz CT molecular complexity index is 973. The Morgan fingerprint density at radius 2 is 2.15 bits per heavy atom. The molecule has 7 heteroatoms. The zero-order valence-electron chi connectivity index (χ0n) is 15.0. The normalized spacial score (nSPS) is 16.2. The first-order valence-electron chi connectivity index (χ1n) is 8.69. The highest BCUT2D eigenvalue weighted by Gasteiger charge is 2.37. The van der Waals surface area contributed by atoms with E-state index in [1.54, 1.807) is 7.11 Å². The molecule has 1 saturated carbocycles. The zero-order valence-corrected chi connectivity index (χ0v) is 15.0. The predicted octanol–water partition coefficient (Wildman–Crippen LogP) is 2.67. The summed E-state index contributed by atoms with van der Waals surface area (Å²) in [5, 5.41) is 5.57. The summed E-state index contributed by atoms with van der Waals surface area (Å²) in [5.41, 5.74) is 8.91. The second-order valence-corrected chi connectivity index (χ2v) is 6.74. The molecule has 0 radical (unpaired) electrons. The monoisotopic (exact) mass is 350 g/mol. The number of methoxy groups -OCH3 is 1. The lowest BCUT2D eigenvalue weighted by molar-refractivity contribution is 0.181. The Balaban J connectivity index is 1.83. The third kappa shape index (κ3) is 2.74. The van der Waals surface area contributed by atoms with Crippen LogP contribution in [0.1, 0.15) is 30.5 Å². The van der Waals surface area contributed by atoms with E-state index in [1.807, 2.05) is 24.0 Å². The lowest BCUT2D eigenvalue weighted by Gasteiger charge is -2.39. The average Bonchev–Trinajstić information content (AvgIpc) is 3.01. The van der Waals surface area contributed by atoms with E-state index in [4.69, 9.17) is 10.5 Å². The molecular weight excluding hydrogens is 328 g/mol. The number of hydrogen-bond donors (Lipinski definition) is 1. The molecule has 0 saturated heterocycles. The fraction of sp³-hybridized carbons (Fsp3) is 0.368. The third-order valence-corrected chi connectivity index (χ3v) is 5.06. The van der Waals surface area contributed by atoms with Crippen molar-refractivity contribution in [1.29, 1.82) is 0 Å². The van der Waals surface area contributed by atoms with E-state index in [1.165, 1.54) is 12.0 Å². The van der Waals surface area contributed by atoms with Crippen LogP contribution in [0.3, 0.4) is 0 Å². The van der Waals surface area contributed by atoms with E-state index in [2.05, 4.69) is 44.5 Å². The summed E-state index contributed by atoms with van der Waals surface area (Å²) in [7, 11) is 3.46. The Labute approximate surface area is 151 Å². The van der Waals surface area contributed by atoms with Crippen molar-refractivity contribution in [3.05, 3.63) is 41.7 Å². The van der Waals surface area contributed by atoms with Crippen LogP contribution in [-0.4, -0.2) is 40.1 Å². The summed E-state index contributed by atoms with van der Waals surface area (Å²) >= 11 is 0. The van der Waals surface area contributed by atoms with E-state index in [0.29, 0.717) is 12.4 Å². The number of aromatic nitrogens is 4. The minimum Gasteiger partial charge on any atom is -0.378 e. The van der Waals surface area contributed by atoms with Gasteiger partial charge in [0.2, 0.25) is 5.95 Å². The number of benzene rings is 1. The van der Waals surface area contributed by atoms with Gasteiger partial charge in [0.1, 0.15) is 0 Å². The highest BCUT2D eigenvalue weighted by atomic mass is 16.5. The molecule has 0 atom stereocenters. The van der Waals surface area contributed by atoms with Gasteiger partial charge in [0.25, 0.3) is 0 Å². The number of nitrogens with zero attached hydrogens (tertiary/aromatic N) is 5. The van der Waals surface area contributed by atoms with E-state index >= 15 is 0 Å². The van der Waals surface area contributed by atoms with Crippen LogP contribution >= 0.6 is 0 Å². The van der Waals surface area contributed by atoms with E-state index < -0.39 is 0 Å². The number of anilines is 1. The molecule has 134 valence electrons. The third-order valence-electron chi connectivity index (χ3n) is 5.06. The van der Waals surface area contributed by atoms with Crippen molar-refractivity contribution in [3.8, 4) is 5.82 Å². The molecule has 2 N–H and O–H groups in total. The minimum atomic E-state index is 0.0456. The largest absolute Gasteiger partial charge is 0.378 e. The average molecular weight is 350 g/mol. The highest BCUT2D eigenvalue weighted by molar-refractivity contribution is 5.84. The van der Waals surface area contributed by atoms with Crippen LogP contribution in [0.4, 0.5) is 5.95 Å². The van der Waals surface area contributed by atoms with Gasteiger partial charge in [-0.15, -0.1) is 0 Å². The molecule has 0 amide bonds. The van der Waals surface area contributed by atoms with Crippen molar-refractivity contribution < 1.29 is 4.74 Å². The smallest absolute Gasteiger partial charge is 0.222 e. The predicted molar refractivity (Wildman–Crippen MR) is 102 cm³/mol. The Morgan fingerprint density at radius 1 is 1.31 bits per heavy atom. The van der Waals surface area contributed by atoms with Crippen LogP contribution in [-0.2, 0) is 16.8 Å². The van der Waals surface area contributed by atoms with Crippen molar-refractivity contribution in [2.75, 3.05) is 19.9 Å². The number of hydrogen-bond acceptors (Lipinski definition) is 6. The molecule has 26 heavy (non-hydrogen) atoms. The van der Waals surface area contributed by atoms with Crippen LogP contribution in [0.2, 0.25) is 0 Å². The highest BCUT2D eigenvalue weighted by Crippen LogP contribution is 2.43. The number of fused-ring (bicyclic) bond motifs is 1. The summed E-state index contributed by atoms with van der Waals surface area (Å²) in [4.78, 5) is 12.9. The second kappa shape index (κ2) is 6.49. The molecule has 4 rings (SSSR count). The van der Waals surface area contributed by atoms with Crippen LogP contribution < -0.4 is 5.73 Å². The first kappa shape index (κ1) is 16.7. The molecule has 2 aromatic heterocycles. The van der Waals surface area contributed by atoms with Gasteiger partial charge in [-0.2, -0.15) is 10.1 Å². The zero-order chi connectivity index (χ0) is 18.1. The molecule has 0 bridgehead atoms. The molecule has 1 fully saturated rings. The van der Waals surface area contributed by atoms with Crippen molar-refractivity contribution in [2.24, 2.45) is 4.99 Å². The Morgan fingerprint density at radius 3 is 2.85 bits per heavy atom. The molecule has 3 aromatic rings. The number of ether oxygens (including phenoxy) is 1. The molecule has 2 heterocycles. The quantitative estimate of drug-likeness (QED) is 0.714. The molecule has 0 spiro atoms. The lowest BCUT2D eigenvalue weighted by atomic mass is 9.65. The van der Waals surface area contributed by atoms with Crippen molar-refractivity contribution in [2.45, 2.75) is 31.3 Å². The number of nitrogen functional groups attached to an aromatic ring is 1. The lowest BCUT2D eigenvalue weighted by Crippen LogP contribution is -2.35. The van der Waals surface area contributed by atoms with Crippen molar-refractivity contribution >= 4 is 23.1 Å². The van der Waals surface area contributed by atoms with Gasteiger partial charge in [-0.1, -0.05) is 18.6 Å². The van der Waals surface area contributed by atoms with E-state index in [9.17, 15) is 0 Å². The van der Waals surface area contributed by atoms with Crippen LogP contribution in [0, 0.1) is 0 Å². The van der Waals surface area contributed by atoms with E-state index in [0.717, 1.165) is 29.4 Å². The van der Waals surface area contributed by atoms with Gasteiger partial charge in [0, 0.05) is 37.2 Å². The first-order chi connectivity index (χ1) is 12.6. The molecule has 1 aliphatic rings. The maximum atomic E-state index is 5.87. The molecule has 0 unspecified atom stereocenters. The summed E-state index contributed by atoms with van der Waals surface area (Å²) in [5.74, 6) is 0.853. The standard InChI is InChI=1S/C19H22N6O/c1-21-12-19(6-3-7-19)14-5-4-13-10-22-25(16(13)8-14)17-9-15(11-26-2)23-18(20)24-17/h4-5,8-10,12H,3,6-7,11H2,1-2H3,(H2,20,23,24). The second-order valence-electron chi connectivity index (χ2n) is 6.74. The van der Waals surface area contributed by atoms with Gasteiger partial charge in [-0.3, -0.25) is 4.99 Å². The molecular formula is C19H22N6O. The Hall–Kier alpha value is -2.80. The maximum Gasteiger partial charge on any atom is 0.222 e. The van der Waals surface area contributed by atoms with Crippen LogP contribution in [0.5, 0.6) is 0 Å².